The molecule has 0 bridgehead atoms. The van der Waals surface area contributed by atoms with E-state index in [9.17, 15) is 0 Å². The van der Waals surface area contributed by atoms with Gasteiger partial charge in [-0.05, 0) is 44.1 Å². The van der Waals surface area contributed by atoms with Crippen LogP contribution in [0.3, 0.4) is 0 Å². The van der Waals surface area contributed by atoms with Crippen LogP contribution in [0.25, 0.3) is 0 Å². The summed E-state index contributed by atoms with van der Waals surface area (Å²) in [5.74, 6) is 5.87. The molecule has 58 valence electrons. The van der Waals surface area contributed by atoms with Crippen LogP contribution in [0.2, 0.25) is 0 Å². The summed E-state index contributed by atoms with van der Waals surface area (Å²) >= 11 is 6.05. The van der Waals surface area contributed by atoms with Gasteiger partial charge < -0.3 is 0 Å². The molecule has 0 N–H and O–H groups in total. The molecule has 0 heterocycles. The average molecular weight is 167 g/mol. The lowest BCUT2D eigenvalue weighted by molar-refractivity contribution is 1.02. The lowest BCUT2D eigenvalue weighted by atomic mass is 10.1. The number of hydrogen-bond donors (Lipinski definition) is 0. The molecule has 0 aliphatic heterocycles. The van der Waals surface area contributed by atoms with Gasteiger partial charge in [-0.15, -0.1) is 11.6 Å². The molecule has 1 aliphatic carbocycles. The molecular formula is C10H11Cl. The van der Waals surface area contributed by atoms with Crippen LogP contribution >= 0.6 is 11.6 Å². The number of allylic oxidation sites excluding steroid dienone is 4. The summed E-state index contributed by atoms with van der Waals surface area (Å²) in [6.07, 6.45) is 3.89. The molecule has 0 aromatic carbocycles. The van der Waals surface area contributed by atoms with Crippen LogP contribution in [-0.2, 0) is 0 Å². The summed E-state index contributed by atoms with van der Waals surface area (Å²) in [6.45, 7) is 5.98. The molecule has 1 atom stereocenters. The smallest absolute Gasteiger partial charge is 0.101 e. The molecule has 0 aromatic rings. The molecule has 0 fully saturated rings. The highest BCUT2D eigenvalue weighted by molar-refractivity contribution is 6.27. The van der Waals surface area contributed by atoms with Gasteiger partial charge in [-0.2, -0.15) is 0 Å². The maximum atomic E-state index is 6.05. The topological polar surface area (TPSA) is 0 Å². The average Bonchev–Trinajstić information content (AvgIpc) is 1.93. The summed E-state index contributed by atoms with van der Waals surface area (Å²) < 4.78 is 0. The van der Waals surface area contributed by atoms with E-state index in [1.54, 1.807) is 0 Å². The van der Waals surface area contributed by atoms with Crippen LogP contribution in [0.5, 0.6) is 0 Å². The highest BCUT2D eigenvalue weighted by atomic mass is 35.5. The molecular weight excluding hydrogens is 156 g/mol. The Morgan fingerprint density at radius 2 is 2.00 bits per heavy atom. The molecule has 1 rings (SSSR count). The Balaban J connectivity index is 3.09. The standard InChI is InChI=1S/C10H11Cl/c1-8-5-4-6-10(3,11)7-9(8)2/h5,7H,1-3H3. The van der Waals surface area contributed by atoms with Gasteiger partial charge in [-0.3, -0.25) is 0 Å². The second kappa shape index (κ2) is 2.75. The minimum absolute atomic E-state index is 0.488. The SMILES string of the molecule is CC1=CC#CC(C)(Cl)C=C1C. The van der Waals surface area contributed by atoms with Crippen molar-refractivity contribution in [2.45, 2.75) is 25.6 Å². The highest BCUT2D eigenvalue weighted by Crippen LogP contribution is 2.22. The van der Waals surface area contributed by atoms with Crippen molar-refractivity contribution < 1.29 is 0 Å². The summed E-state index contributed by atoms with van der Waals surface area (Å²) in [5.41, 5.74) is 2.39. The van der Waals surface area contributed by atoms with Crippen molar-refractivity contribution in [2.24, 2.45) is 0 Å². The van der Waals surface area contributed by atoms with Crippen LogP contribution in [0, 0.1) is 11.8 Å². The van der Waals surface area contributed by atoms with E-state index < -0.39 is 4.87 Å². The van der Waals surface area contributed by atoms with Crippen LogP contribution in [-0.4, -0.2) is 4.87 Å². The minimum atomic E-state index is -0.488. The first-order chi connectivity index (χ1) is 5.01. The Morgan fingerprint density at radius 1 is 1.36 bits per heavy atom. The predicted molar refractivity (Wildman–Crippen MR) is 49.5 cm³/mol. The van der Waals surface area contributed by atoms with Gasteiger partial charge in [-0.1, -0.05) is 11.8 Å². The van der Waals surface area contributed by atoms with Crippen LogP contribution in [0.15, 0.2) is 23.3 Å². The van der Waals surface area contributed by atoms with Crippen molar-refractivity contribution in [2.75, 3.05) is 0 Å². The van der Waals surface area contributed by atoms with Gasteiger partial charge in [0.1, 0.15) is 4.87 Å². The maximum absolute atomic E-state index is 6.05. The Labute approximate surface area is 72.9 Å². The molecule has 0 nitrogen and oxygen atoms in total. The summed E-state index contributed by atoms with van der Waals surface area (Å²) in [5, 5.41) is 0. The molecule has 0 saturated carbocycles. The second-order valence-electron chi connectivity index (χ2n) is 3.00. The van der Waals surface area contributed by atoms with Crippen LogP contribution in [0.1, 0.15) is 20.8 Å². The zero-order chi connectivity index (χ0) is 8.48. The van der Waals surface area contributed by atoms with Crippen molar-refractivity contribution >= 4 is 11.6 Å². The Morgan fingerprint density at radius 3 is 2.64 bits per heavy atom. The Kier molecular flexibility index (Phi) is 2.11. The largest absolute Gasteiger partial charge is 0.121 e. The fourth-order valence-corrected chi connectivity index (χ4v) is 1.17. The van der Waals surface area contributed by atoms with Gasteiger partial charge >= 0.3 is 0 Å². The summed E-state index contributed by atoms with van der Waals surface area (Å²) in [4.78, 5) is -0.488. The molecule has 11 heavy (non-hydrogen) atoms. The fraction of sp³-hybridized carbons (Fsp3) is 0.400. The fourth-order valence-electron chi connectivity index (χ4n) is 0.956. The molecule has 1 unspecified atom stereocenters. The monoisotopic (exact) mass is 166 g/mol. The van der Waals surface area contributed by atoms with Gasteiger partial charge in [0.05, 0.1) is 0 Å². The maximum Gasteiger partial charge on any atom is 0.121 e. The van der Waals surface area contributed by atoms with Gasteiger partial charge in [-0.25, -0.2) is 0 Å². The third kappa shape index (κ3) is 2.13. The lowest BCUT2D eigenvalue weighted by Crippen LogP contribution is -2.08. The normalized spacial score (nSPS) is 29.5. The van der Waals surface area contributed by atoms with E-state index in [0.717, 1.165) is 0 Å². The molecule has 0 aromatic heterocycles. The minimum Gasteiger partial charge on any atom is -0.101 e. The molecule has 0 radical (unpaired) electrons. The van der Waals surface area contributed by atoms with E-state index in [0.29, 0.717) is 0 Å². The van der Waals surface area contributed by atoms with E-state index >= 15 is 0 Å². The highest BCUT2D eigenvalue weighted by Gasteiger charge is 2.15. The third-order valence-electron chi connectivity index (χ3n) is 1.71. The van der Waals surface area contributed by atoms with Crippen molar-refractivity contribution in [3.63, 3.8) is 0 Å². The van der Waals surface area contributed by atoms with Crippen molar-refractivity contribution in [1.82, 2.24) is 0 Å². The second-order valence-corrected chi connectivity index (χ2v) is 3.78. The van der Waals surface area contributed by atoms with Gasteiger partial charge in [0.15, 0.2) is 0 Å². The van der Waals surface area contributed by atoms with E-state index in [1.165, 1.54) is 11.1 Å². The van der Waals surface area contributed by atoms with Crippen molar-refractivity contribution in [3.8, 4) is 11.8 Å². The zero-order valence-electron chi connectivity index (χ0n) is 7.03. The summed E-state index contributed by atoms with van der Waals surface area (Å²) in [6, 6.07) is 0. The van der Waals surface area contributed by atoms with Crippen molar-refractivity contribution in [3.05, 3.63) is 23.3 Å². The van der Waals surface area contributed by atoms with E-state index in [2.05, 4.69) is 11.8 Å². The number of rotatable bonds is 0. The molecule has 1 aliphatic rings. The van der Waals surface area contributed by atoms with Gasteiger partial charge in [0.2, 0.25) is 0 Å². The number of hydrogen-bond acceptors (Lipinski definition) is 0. The van der Waals surface area contributed by atoms with E-state index in [1.807, 2.05) is 32.9 Å². The van der Waals surface area contributed by atoms with E-state index in [-0.39, 0.29) is 0 Å². The third-order valence-corrected chi connectivity index (χ3v) is 1.92. The zero-order valence-corrected chi connectivity index (χ0v) is 7.79. The summed E-state index contributed by atoms with van der Waals surface area (Å²) in [7, 11) is 0. The first kappa shape index (κ1) is 8.43. The van der Waals surface area contributed by atoms with Crippen LogP contribution < -0.4 is 0 Å². The van der Waals surface area contributed by atoms with E-state index in [4.69, 9.17) is 11.6 Å². The predicted octanol–water partition coefficient (Wildman–Crippen LogP) is 2.89. The van der Waals surface area contributed by atoms with Gasteiger partial charge in [0.25, 0.3) is 0 Å². The number of halogens is 1. The van der Waals surface area contributed by atoms with Gasteiger partial charge in [0, 0.05) is 0 Å². The first-order valence-electron chi connectivity index (χ1n) is 3.59. The Bertz CT molecular complexity index is 282. The van der Waals surface area contributed by atoms with Crippen molar-refractivity contribution in [1.29, 1.82) is 0 Å². The molecule has 0 spiro atoms. The first-order valence-corrected chi connectivity index (χ1v) is 3.97. The molecule has 0 amide bonds. The van der Waals surface area contributed by atoms with Crippen LogP contribution in [0.4, 0.5) is 0 Å². The Hall–Kier alpha value is -0.670. The lowest BCUT2D eigenvalue weighted by Gasteiger charge is -2.09. The quantitative estimate of drug-likeness (QED) is 0.384. The number of alkyl halides is 1. The molecule has 1 heteroatoms. The molecule has 0 saturated heterocycles.